The van der Waals surface area contributed by atoms with E-state index in [0.717, 1.165) is 32.1 Å². The van der Waals surface area contributed by atoms with Gasteiger partial charge in [0.15, 0.2) is 0 Å². The predicted octanol–water partition coefficient (Wildman–Crippen LogP) is 4.59. The summed E-state index contributed by atoms with van der Waals surface area (Å²) < 4.78 is 16.6. The maximum absolute atomic E-state index is 12.6. The lowest BCUT2D eigenvalue weighted by Gasteiger charge is -2.26. The van der Waals surface area contributed by atoms with Crippen LogP contribution >= 0.6 is 0 Å². The van der Waals surface area contributed by atoms with Crippen LogP contribution in [0.4, 0.5) is 0 Å². The molecule has 0 bridgehead atoms. The van der Waals surface area contributed by atoms with Gasteiger partial charge in [0.2, 0.25) is 0 Å². The predicted molar refractivity (Wildman–Crippen MR) is 98.9 cm³/mol. The third-order valence-electron chi connectivity index (χ3n) is 4.45. The molecule has 1 aromatic rings. The number of carbonyl (C=O) groups is 2. The summed E-state index contributed by atoms with van der Waals surface area (Å²) >= 11 is 0. The van der Waals surface area contributed by atoms with E-state index < -0.39 is 17.7 Å². The minimum atomic E-state index is -0.713. The summed E-state index contributed by atoms with van der Waals surface area (Å²) in [4.78, 5) is 25.0. The van der Waals surface area contributed by atoms with Crippen LogP contribution in [0.1, 0.15) is 71.0 Å². The molecule has 1 atom stereocenters. The van der Waals surface area contributed by atoms with Crippen molar-refractivity contribution < 1.29 is 23.8 Å². The quantitative estimate of drug-likeness (QED) is 0.693. The molecule has 5 nitrogen and oxygen atoms in total. The molecule has 1 saturated carbocycles. The van der Waals surface area contributed by atoms with Gasteiger partial charge in [0.05, 0.1) is 19.4 Å². The molecular weight excluding hydrogens is 332 g/mol. The molecule has 0 spiro atoms. The van der Waals surface area contributed by atoms with E-state index >= 15 is 0 Å². The number of methoxy groups -OCH3 is 1. The summed E-state index contributed by atoms with van der Waals surface area (Å²) in [5.74, 6) is -0.119. The SMILES string of the molecule is COc1ccccc1[C@@H](CC(=O)OC(C)(C)C)OC(=O)C1CCCCC1. The molecule has 1 aliphatic carbocycles. The first-order valence-electron chi connectivity index (χ1n) is 9.35. The second-order valence-electron chi connectivity index (χ2n) is 7.79. The summed E-state index contributed by atoms with van der Waals surface area (Å²) in [5, 5.41) is 0. The third-order valence-corrected chi connectivity index (χ3v) is 4.45. The highest BCUT2D eigenvalue weighted by Gasteiger charge is 2.30. The van der Waals surface area contributed by atoms with Gasteiger partial charge in [-0.1, -0.05) is 37.5 Å². The molecule has 26 heavy (non-hydrogen) atoms. The molecular formula is C21H30O5. The lowest BCUT2D eigenvalue weighted by molar-refractivity contribution is -0.164. The Kier molecular flexibility index (Phi) is 7.06. The highest BCUT2D eigenvalue weighted by Crippen LogP contribution is 2.33. The van der Waals surface area contributed by atoms with Crippen molar-refractivity contribution in [3.8, 4) is 5.75 Å². The van der Waals surface area contributed by atoms with Crippen molar-refractivity contribution in [2.75, 3.05) is 7.11 Å². The molecule has 0 aliphatic heterocycles. The van der Waals surface area contributed by atoms with Crippen molar-refractivity contribution in [1.82, 2.24) is 0 Å². The number of rotatable bonds is 6. The largest absolute Gasteiger partial charge is 0.496 e. The molecule has 144 valence electrons. The molecule has 0 saturated heterocycles. The topological polar surface area (TPSA) is 61.8 Å². The van der Waals surface area contributed by atoms with Crippen molar-refractivity contribution >= 4 is 11.9 Å². The van der Waals surface area contributed by atoms with Crippen LogP contribution in [0.5, 0.6) is 5.75 Å². The molecule has 0 unspecified atom stereocenters. The molecule has 1 fully saturated rings. The minimum Gasteiger partial charge on any atom is -0.496 e. The third kappa shape index (κ3) is 6.04. The van der Waals surface area contributed by atoms with Gasteiger partial charge in [0.1, 0.15) is 17.5 Å². The summed E-state index contributed by atoms with van der Waals surface area (Å²) in [5.41, 5.74) is 0.0977. The first-order chi connectivity index (χ1) is 12.3. The average Bonchev–Trinajstić information content (AvgIpc) is 2.60. The number of esters is 2. The van der Waals surface area contributed by atoms with Crippen LogP contribution in [-0.4, -0.2) is 24.6 Å². The smallest absolute Gasteiger partial charge is 0.310 e. The standard InChI is InChI=1S/C21H30O5/c1-21(2,3)26-19(22)14-18(16-12-8-9-13-17(16)24-4)25-20(23)15-10-6-5-7-11-15/h8-9,12-13,15,18H,5-7,10-11,14H2,1-4H3/t18-/m1/s1. The van der Waals surface area contributed by atoms with Gasteiger partial charge in [-0.3, -0.25) is 9.59 Å². The van der Waals surface area contributed by atoms with Crippen molar-refractivity contribution in [1.29, 1.82) is 0 Å². The Hall–Kier alpha value is -2.04. The Bertz CT molecular complexity index is 611. The van der Waals surface area contributed by atoms with Crippen molar-refractivity contribution in [2.45, 2.75) is 71.0 Å². The summed E-state index contributed by atoms with van der Waals surface area (Å²) in [6, 6.07) is 7.30. The van der Waals surface area contributed by atoms with E-state index in [-0.39, 0.29) is 18.3 Å². The van der Waals surface area contributed by atoms with E-state index in [1.165, 1.54) is 0 Å². The van der Waals surface area contributed by atoms with Gasteiger partial charge in [0, 0.05) is 5.56 Å². The number of ether oxygens (including phenoxy) is 3. The number of hydrogen-bond donors (Lipinski definition) is 0. The fraction of sp³-hybridized carbons (Fsp3) is 0.619. The van der Waals surface area contributed by atoms with Crippen LogP contribution in [0.25, 0.3) is 0 Å². The summed E-state index contributed by atoms with van der Waals surface area (Å²) in [7, 11) is 1.56. The zero-order valence-electron chi connectivity index (χ0n) is 16.2. The highest BCUT2D eigenvalue weighted by molar-refractivity contribution is 5.75. The zero-order valence-corrected chi connectivity index (χ0v) is 16.2. The number of para-hydroxylation sites is 1. The molecule has 0 aromatic heterocycles. The van der Waals surface area contributed by atoms with Crippen LogP contribution in [0.2, 0.25) is 0 Å². The molecule has 0 N–H and O–H groups in total. The lowest BCUT2D eigenvalue weighted by atomic mass is 9.89. The van der Waals surface area contributed by atoms with Crippen LogP contribution < -0.4 is 4.74 Å². The first-order valence-corrected chi connectivity index (χ1v) is 9.35. The second-order valence-corrected chi connectivity index (χ2v) is 7.79. The Labute approximate surface area is 156 Å². The van der Waals surface area contributed by atoms with Gasteiger partial charge >= 0.3 is 11.9 Å². The molecule has 2 rings (SSSR count). The Morgan fingerprint density at radius 2 is 1.77 bits per heavy atom. The number of carbonyl (C=O) groups excluding carboxylic acids is 2. The zero-order chi connectivity index (χ0) is 19.2. The van der Waals surface area contributed by atoms with Gasteiger partial charge in [-0.05, 0) is 39.7 Å². The fourth-order valence-electron chi connectivity index (χ4n) is 3.26. The molecule has 1 aromatic carbocycles. The second kappa shape index (κ2) is 9.06. The van der Waals surface area contributed by atoms with E-state index in [1.807, 2.05) is 39.0 Å². The van der Waals surface area contributed by atoms with Crippen LogP contribution in [0, 0.1) is 5.92 Å². The van der Waals surface area contributed by atoms with Crippen LogP contribution in [0.3, 0.4) is 0 Å². The maximum Gasteiger partial charge on any atom is 0.310 e. The Morgan fingerprint density at radius 1 is 1.12 bits per heavy atom. The Morgan fingerprint density at radius 3 is 2.38 bits per heavy atom. The molecule has 0 radical (unpaired) electrons. The first kappa shape index (κ1) is 20.3. The van der Waals surface area contributed by atoms with E-state index in [0.29, 0.717) is 11.3 Å². The number of hydrogen-bond acceptors (Lipinski definition) is 5. The highest BCUT2D eigenvalue weighted by atomic mass is 16.6. The summed E-state index contributed by atoms with van der Waals surface area (Å²) in [6.07, 6.45) is 4.22. The molecule has 0 heterocycles. The van der Waals surface area contributed by atoms with Gasteiger partial charge < -0.3 is 14.2 Å². The fourth-order valence-corrected chi connectivity index (χ4v) is 3.26. The van der Waals surface area contributed by atoms with Crippen molar-refractivity contribution in [3.63, 3.8) is 0 Å². The van der Waals surface area contributed by atoms with Gasteiger partial charge in [-0.2, -0.15) is 0 Å². The van der Waals surface area contributed by atoms with Crippen molar-refractivity contribution in [3.05, 3.63) is 29.8 Å². The van der Waals surface area contributed by atoms with Gasteiger partial charge in [-0.15, -0.1) is 0 Å². The lowest BCUT2D eigenvalue weighted by Crippen LogP contribution is -2.27. The number of benzene rings is 1. The van der Waals surface area contributed by atoms with E-state index in [1.54, 1.807) is 13.2 Å². The van der Waals surface area contributed by atoms with E-state index in [4.69, 9.17) is 14.2 Å². The summed E-state index contributed by atoms with van der Waals surface area (Å²) in [6.45, 7) is 5.45. The van der Waals surface area contributed by atoms with Gasteiger partial charge in [-0.25, -0.2) is 0 Å². The van der Waals surface area contributed by atoms with Gasteiger partial charge in [0.25, 0.3) is 0 Å². The molecule has 5 heteroatoms. The van der Waals surface area contributed by atoms with Crippen LogP contribution in [-0.2, 0) is 19.1 Å². The van der Waals surface area contributed by atoms with Crippen LogP contribution in [0.15, 0.2) is 24.3 Å². The normalized spacial score (nSPS) is 16.6. The van der Waals surface area contributed by atoms with E-state index in [2.05, 4.69) is 0 Å². The molecule has 0 amide bonds. The monoisotopic (exact) mass is 362 g/mol. The van der Waals surface area contributed by atoms with E-state index in [9.17, 15) is 9.59 Å². The molecule has 1 aliphatic rings. The minimum absolute atomic E-state index is 0.0316. The maximum atomic E-state index is 12.6. The Balaban J connectivity index is 2.17. The van der Waals surface area contributed by atoms with Crippen molar-refractivity contribution in [2.24, 2.45) is 5.92 Å². The average molecular weight is 362 g/mol.